The summed E-state index contributed by atoms with van der Waals surface area (Å²) in [6, 6.07) is 9.68. The standard InChI is InChI=1S/C17H26N4/c1-3-5-6-7-12-20-17(19-4-2)21-14-16-10-8-15(13-18)9-11-16/h8-11H,3-7,12,14H2,1-2H3,(H2,19,20,21). The summed E-state index contributed by atoms with van der Waals surface area (Å²) in [5, 5.41) is 15.4. The van der Waals surface area contributed by atoms with E-state index in [0.29, 0.717) is 12.1 Å². The molecule has 0 bridgehead atoms. The molecule has 0 aliphatic rings. The molecule has 0 heterocycles. The zero-order chi connectivity index (χ0) is 15.3. The maximum Gasteiger partial charge on any atom is 0.191 e. The van der Waals surface area contributed by atoms with Gasteiger partial charge in [-0.1, -0.05) is 38.3 Å². The fourth-order valence-electron chi connectivity index (χ4n) is 1.96. The van der Waals surface area contributed by atoms with Crippen LogP contribution in [-0.2, 0) is 6.54 Å². The van der Waals surface area contributed by atoms with Crippen LogP contribution in [0.3, 0.4) is 0 Å². The molecule has 0 aliphatic carbocycles. The highest BCUT2D eigenvalue weighted by Gasteiger charge is 1.98. The molecule has 114 valence electrons. The summed E-state index contributed by atoms with van der Waals surface area (Å²) in [4.78, 5) is 4.57. The average Bonchev–Trinajstić information content (AvgIpc) is 2.52. The number of unbranched alkanes of at least 4 members (excludes halogenated alkanes) is 3. The van der Waals surface area contributed by atoms with Crippen LogP contribution >= 0.6 is 0 Å². The Kier molecular flexibility index (Phi) is 8.70. The lowest BCUT2D eigenvalue weighted by atomic mass is 10.1. The van der Waals surface area contributed by atoms with Crippen LogP contribution in [0.4, 0.5) is 0 Å². The van der Waals surface area contributed by atoms with Gasteiger partial charge in [-0.2, -0.15) is 5.26 Å². The van der Waals surface area contributed by atoms with E-state index in [1.54, 1.807) is 0 Å². The Hall–Kier alpha value is -2.02. The maximum atomic E-state index is 8.78. The topological polar surface area (TPSA) is 60.2 Å². The van der Waals surface area contributed by atoms with Crippen molar-refractivity contribution < 1.29 is 0 Å². The summed E-state index contributed by atoms with van der Waals surface area (Å²) in [6.45, 7) is 6.72. The zero-order valence-electron chi connectivity index (χ0n) is 13.2. The van der Waals surface area contributed by atoms with Gasteiger partial charge in [0.25, 0.3) is 0 Å². The summed E-state index contributed by atoms with van der Waals surface area (Å²) in [6.07, 6.45) is 4.99. The highest BCUT2D eigenvalue weighted by atomic mass is 15.2. The summed E-state index contributed by atoms with van der Waals surface area (Å²) in [7, 11) is 0. The van der Waals surface area contributed by atoms with Crippen molar-refractivity contribution in [1.82, 2.24) is 10.6 Å². The third-order valence-electron chi connectivity index (χ3n) is 3.17. The van der Waals surface area contributed by atoms with E-state index in [1.165, 1.54) is 25.7 Å². The minimum absolute atomic E-state index is 0.621. The van der Waals surface area contributed by atoms with Crippen LogP contribution in [0, 0.1) is 11.3 Å². The van der Waals surface area contributed by atoms with Crippen molar-refractivity contribution >= 4 is 5.96 Å². The predicted octanol–water partition coefficient (Wildman–Crippen LogP) is 3.19. The van der Waals surface area contributed by atoms with Gasteiger partial charge in [-0.05, 0) is 31.0 Å². The molecule has 0 unspecified atom stereocenters. The quantitative estimate of drug-likeness (QED) is 0.438. The number of hydrogen-bond acceptors (Lipinski definition) is 2. The van der Waals surface area contributed by atoms with E-state index in [1.807, 2.05) is 24.3 Å². The Morgan fingerprint density at radius 3 is 2.48 bits per heavy atom. The van der Waals surface area contributed by atoms with Crippen molar-refractivity contribution in [3.05, 3.63) is 35.4 Å². The Labute approximate surface area is 128 Å². The first-order chi connectivity index (χ1) is 10.3. The van der Waals surface area contributed by atoms with Gasteiger partial charge in [0.05, 0.1) is 18.2 Å². The molecule has 0 fully saturated rings. The molecular formula is C17H26N4. The maximum absolute atomic E-state index is 8.78. The van der Waals surface area contributed by atoms with E-state index in [-0.39, 0.29) is 0 Å². The molecule has 1 aromatic carbocycles. The van der Waals surface area contributed by atoms with Crippen molar-refractivity contribution in [2.45, 2.75) is 46.1 Å². The average molecular weight is 286 g/mol. The lowest BCUT2D eigenvalue weighted by molar-refractivity contribution is 0.647. The first-order valence-electron chi connectivity index (χ1n) is 7.81. The molecule has 0 spiro atoms. The highest BCUT2D eigenvalue weighted by molar-refractivity contribution is 5.79. The van der Waals surface area contributed by atoms with Crippen LogP contribution in [0.5, 0.6) is 0 Å². The van der Waals surface area contributed by atoms with Crippen LogP contribution in [0.1, 0.15) is 50.7 Å². The lowest BCUT2D eigenvalue weighted by Gasteiger charge is -2.11. The van der Waals surface area contributed by atoms with Crippen LogP contribution in [0.2, 0.25) is 0 Å². The summed E-state index contributed by atoms with van der Waals surface area (Å²) < 4.78 is 0. The molecule has 2 N–H and O–H groups in total. The van der Waals surface area contributed by atoms with Gasteiger partial charge in [0.1, 0.15) is 0 Å². The number of rotatable bonds is 8. The van der Waals surface area contributed by atoms with Crippen LogP contribution in [0.15, 0.2) is 29.3 Å². The van der Waals surface area contributed by atoms with Gasteiger partial charge >= 0.3 is 0 Å². The fourth-order valence-corrected chi connectivity index (χ4v) is 1.96. The number of benzene rings is 1. The second-order valence-electron chi connectivity index (χ2n) is 4.99. The van der Waals surface area contributed by atoms with Crippen LogP contribution < -0.4 is 10.6 Å². The number of hydrogen-bond donors (Lipinski definition) is 2. The van der Waals surface area contributed by atoms with E-state index >= 15 is 0 Å². The molecule has 0 saturated carbocycles. The minimum Gasteiger partial charge on any atom is -0.357 e. The van der Waals surface area contributed by atoms with Crippen molar-refractivity contribution in [3.63, 3.8) is 0 Å². The Bertz CT molecular complexity index is 457. The highest BCUT2D eigenvalue weighted by Crippen LogP contribution is 2.04. The molecule has 0 aromatic heterocycles. The second kappa shape index (κ2) is 10.7. The number of nitrogens with one attached hydrogen (secondary N) is 2. The second-order valence-corrected chi connectivity index (χ2v) is 4.99. The van der Waals surface area contributed by atoms with Crippen LogP contribution in [0.25, 0.3) is 0 Å². The first kappa shape index (κ1) is 17.0. The SMILES string of the molecule is CCCCCCNC(=NCc1ccc(C#N)cc1)NCC. The largest absolute Gasteiger partial charge is 0.357 e. The monoisotopic (exact) mass is 286 g/mol. The molecular weight excluding hydrogens is 260 g/mol. The van der Waals surface area contributed by atoms with E-state index < -0.39 is 0 Å². The van der Waals surface area contributed by atoms with Crippen molar-refractivity contribution in [3.8, 4) is 6.07 Å². The summed E-state index contributed by atoms with van der Waals surface area (Å²) in [5.74, 6) is 0.860. The van der Waals surface area contributed by atoms with Gasteiger partial charge in [0, 0.05) is 13.1 Å². The van der Waals surface area contributed by atoms with Crippen molar-refractivity contribution in [1.29, 1.82) is 5.26 Å². The third kappa shape index (κ3) is 7.36. The molecule has 1 rings (SSSR count). The van der Waals surface area contributed by atoms with Gasteiger partial charge in [0.2, 0.25) is 0 Å². The van der Waals surface area contributed by atoms with E-state index in [2.05, 4.69) is 35.5 Å². The van der Waals surface area contributed by atoms with Gasteiger partial charge in [-0.25, -0.2) is 4.99 Å². The molecule has 4 nitrogen and oxygen atoms in total. The summed E-state index contributed by atoms with van der Waals surface area (Å²) >= 11 is 0. The Morgan fingerprint density at radius 1 is 1.10 bits per heavy atom. The number of nitrogens with zero attached hydrogens (tertiary/aromatic N) is 2. The van der Waals surface area contributed by atoms with Crippen molar-refractivity contribution in [2.75, 3.05) is 13.1 Å². The van der Waals surface area contributed by atoms with E-state index in [0.717, 1.165) is 24.6 Å². The normalized spacial score (nSPS) is 11.0. The molecule has 0 atom stereocenters. The zero-order valence-corrected chi connectivity index (χ0v) is 13.2. The van der Waals surface area contributed by atoms with Gasteiger partial charge < -0.3 is 10.6 Å². The van der Waals surface area contributed by atoms with E-state index in [4.69, 9.17) is 5.26 Å². The number of guanidine groups is 1. The molecule has 0 aliphatic heterocycles. The Balaban J connectivity index is 2.44. The fraction of sp³-hybridized carbons (Fsp3) is 0.529. The molecule has 0 amide bonds. The predicted molar refractivity (Wildman–Crippen MR) is 88.1 cm³/mol. The minimum atomic E-state index is 0.621. The van der Waals surface area contributed by atoms with Gasteiger partial charge in [-0.15, -0.1) is 0 Å². The Morgan fingerprint density at radius 2 is 1.86 bits per heavy atom. The smallest absolute Gasteiger partial charge is 0.191 e. The number of nitriles is 1. The number of aliphatic imine (C=N–C) groups is 1. The molecule has 21 heavy (non-hydrogen) atoms. The summed E-state index contributed by atoms with van der Waals surface area (Å²) in [5.41, 5.74) is 1.79. The lowest BCUT2D eigenvalue weighted by Crippen LogP contribution is -2.37. The van der Waals surface area contributed by atoms with Crippen molar-refractivity contribution in [2.24, 2.45) is 4.99 Å². The van der Waals surface area contributed by atoms with E-state index in [9.17, 15) is 0 Å². The van der Waals surface area contributed by atoms with Crippen LogP contribution in [-0.4, -0.2) is 19.0 Å². The molecule has 4 heteroatoms. The third-order valence-corrected chi connectivity index (χ3v) is 3.17. The van der Waals surface area contributed by atoms with Gasteiger partial charge in [-0.3, -0.25) is 0 Å². The van der Waals surface area contributed by atoms with Gasteiger partial charge in [0.15, 0.2) is 5.96 Å². The molecule has 0 saturated heterocycles. The molecule has 1 aromatic rings. The molecule has 0 radical (unpaired) electrons. The first-order valence-corrected chi connectivity index (χ1v) is 7.81.